The molecule has 1 atom stereocenters. The van der Waals surface area contributed by atoms with E-state index in [1.54, 1.807) is 24.5 Å². The third-order valence-corrected chi connectivity index (χ3v) is 4.29. The minimum atomic E-state index is -0.360. The largest absolute Gasteiger partial charge is 0.494 e. The van der Waals surface area contributed by atoms with Crippen LogP contribution in [-0.4, -0.2) is 26.7 Å². The summed E-state index contributed by atoms with van der Waals surface area (Å²) < 4.78 is 18.6. The lowest BCUT2D eigenvalue weighted by molar-refractivity contribution is 0.386. The second kappa shape index (κ2) is 10.5. The average molecular weight is 463 g/mol. The molecule has 0 spiro atoms. The Hall–Kier alpha value is -1.35. The summed E-state index contributed by atoms with van der Waals surface area (Å²) in [6, 6.07) is 7.05. The number of methoxy groups -OCH3 is 1. The number of hydrogen-bond donors (Lipinski definition) is 2. The van der Waals surface area contributed by atoms with Crippen LogP contribution in [0.25, 0.3) is 0 Å². The van der Waals surface area contributed by atoms with Gasteiger partial charge in [-0.1, -0.05) is 13.0 Å². The van der Waals surface area contributed by atoms with Gasteiger partial charge >= 0.3 is 0 Å². The van der Waals surface area contributed by atoms with E-state index in [1.807, 2.05) is 6.07 Å². The van der Waals surface area contributed by atoms with Gasteiger partial charge in [0, 0.05) is 20.1 Å². The zero-order chi connectivity index (χ0) is 16.7. The molecule has 1 unspecified atom stereocenters. The summed E-state index contributed by atoms with van der Waals surface area (Å²) in [5, 5.41) is 10.7. The van der Waals surface area contributed by atoms with Crippen LogP contribution in [0.15, 0.2) is 40.0 Å². The Morgan fingerprint density at radius 1 is 1.33 bits per heavy atom. The summed E-state index contributed by atoms with van der Waals surface area (Å²) in [6.45, 7) is 3.45. The fraction of sp³-hybridized carbons (Fsp3) is 0.353. The van der Waals surface area contributed by atoms with Crippen molar-refractivity contribution in [3.8, 4) is 5.75 Å². The molecule has 0 amide bonds. The van der Waals surface area contributed by atoms with Crippen molar-refractivity contribution in [1.82, 2.24) is 10.6 Å². The van der Waals surface area contributed by atoms with Gasteiger partial charge in [-0.3, -0.25) is 4.99 Å². The van der Waals surface area contributed by atoms with E-state index in [1.165, 1.54) is 18.7 Å². The van der Waals surface area contributed by atoms with Crippen molar-refractivity contribution >= 4 is 41.3 Å². The molecule has 24 heavy (non-hydrogen) atoms. The van der Waals surface area contributed by atoms with Crippen LogP contribution in [0, 0.1) is 5.82 Å². The van der Waals surface area contributed by atoms with Crippen LogP contribution in [0.5, 0.6) is 5.75 Å². The maximum atomic E-state index is 13.7. The van der Waals surface area contributed by atoms with Gasteiger partial charge in [0.25, 0.3) is 0 Å². The van der Waals surface area contributed by atoms with Crippen molar-refractivity contribution in [2.24, 2.45) is 4.99 Å². The smallest absolute Gasteiger partial charge is 0.191 e. The SMILES string of the molecule is CN=C(NCc1ccc(OC)c(F)c1)NCC(C)c1ccsc1.I. The van der Waals surface area contributed by atoms with Crippen LogP contribution in [0.4, 0.5) is 4.39 Å². The van der Waals surface area contributed by atoms with Crippen LogP contribution in [0.1, 0.15) is 24.0 Å². The normalized spacial score (nSPS) is 12.2. The fourth-order valence-corrected chi connectivity index (χ4v) is 2.93. The zero-order valence-corrected chi connectivity index (χ0v) is 17.2. The van der Waals surface area contributed by atoms with Gasteiger partial charge in [-0.25, -0.2) is 4.39 Å². The number of benzene rings is 1. The van der Waals surface area contributed by atoms with E-state index >= 15 is 0 Å². The molecule has 0 aliphatic heterocycles. The van der Waals surface area contributed by atoms with Gasteiger partial charge in [0.1, 0.15) is 0 Å². The number of rotatable bonds is 6. The van der Waals surface area contributed by atoms with Crippen LogP contribution >= 0.6 is 35.3 Å². The molecule has 132 valence electrons. The molecule has 0 aliphatic rings. The molecule has 0 saturated heterocycles. The number of nitrogens with one attached hydrogen (secondary N) is 2. The number of nitrogens with zero attached hydrogens (tertiary/aromatic N) is 1. The van der Waals surface area contributed by atoms with Gasteiger partial charge < -0.3 is 15.4 Å². The Morgan fingerprint density at radius 2 is 2.12 bits per heavy atom. The molecule has 2 N–H and O–H groups in total. The van der Waals surface area contributed by atoms with Crippen LogP contribution in [0.2, 0.25) is 0 Å². The van der Waals surface area contributed by atoms with Crippen molar-refractivity contribution < 1.29 is 9.13 Å². The summed E-state index contributed by atoms with van der Waals surface area (Å²) in [5.74, 6) is 0.989. The van der Waals surface area contributed by atoms with Gasteiger partial charge in [0.2, 0.25) is 0 Å². The first kappa shape index (κ1) is 20.7. The molecule has 1 aromatic carbocycles. The first-order chi connectivity index (χ1) is 11.1. The molecule has 0 aliphatic carbocycles. The van der Waals surface area contributed by atoms with E-state index in [0.29, 0.717) is 18.4 Å². The molecule has 2 rings (SSSR count). The van der Waals surface area contributed by atoms with Crippen molar-refractivity contribution in [2.75, 3.05) is 20.7 Å². The fourth-order valence-electron chi connectivity index (χ4n) is 2.15. The van der Waals surface area contributed by atoms with Crippen molar-refractivity contribution in [2.45, 2.75) is 19.4 Å². The summed E-state index contributed by atoms with van der Waals surface area (Å²) in [6.07, 6.45) is 0. The Labute approximate surface area is 163 Å². The lowest BCUT2D eigenvalue weighted by Crippen LogP contribution is -2.38. The van der Waals surface area contributed by atoms with Crippen molar-refractivity contribution in [3.05, 3.63) is 52.0 Å². The van der Waals surface area contributed by atoms with E-state index in [-0.39, 0.29) is 35.5 Å². The molecule has 0 fully saturated rings. The second-order valence-electron chi connectivity index (χ2n) is 5.23. The van der Waals surface area contributed by atoms with E-state index in [2.05, 4.69) is 39.4 Å². The number of thiophene rings is 1. The first-order valence-electron chi connectivity index (χ1n) is 7.43. The highest BCUT2D eigenvalue weighted by atomic mass is 127. The van der Waals surface area contributed by atoms with Gasteiger partial charge in [0.05, 0.1) is 7.11 Å². The Morgan fingerprint density at radius 3 is 2.71 bits per heavy atom. The third kappa shape index (κ3) is 5.94. The monoisotopic (exact) mass is 463 g/mol. The molecule has 0 saturated carbocycles. The topological polar surface area (TPSA) is 45.7 Å². The van der Waals surface area contributed by atoms with E-state index in [0.717, 1.165) is 12.1 Å². The van der Waals surface area contributed by atoms with Gasteiger partial charge in [0.15, 0.2) is 17.5 Å². The summed E-state index contributed by atoms with van der Waals surface area (Å²) in [4.78, 5) is 4.19. The van der Waals surface area contributed by atoms with E-state index in [4.69, 9.17) is 4.74 Å². The second-order valence-corrected chi connectivity index (χ2v) is 6.01. The summed E-state index contributed by atoms with van der Waals surface area (Å²) in [5.41, 5.74) is 2.15. The number of halogens is 2. The lowest BCUT2D eigenvalue weighted by Gasteiger charge is -2.15. The third-order valence-electron chi connectivity index (χ3n) is 3.59. The van der Waals surface area contributed by atoms with Gasteiger partial charge in [-0.05, 0) is 46.0 Å². The zero-order valence-electron chi connectivity index (χ0n) is 14.0. The molecule has 1 heterocycles. The quantitative estimate of drug-likeness (QED) is 0.387. The molecule has 7 heteroatoms. The predicted octanol–water partition coefficient (Wildman–Crippen LogP) is 3.98. The molecule has 2 aromatic rings. The van der Waals surface area contributed by atoms with Gasteiger partial charge in [-0.2, -0.15) is 11.3 Å². The molecule has 1 aromatic heterocycles. The maximum Gasteiger partial charge on any atom is 0.191 e. The first-order valence-corrected chi connectivity index (χ1v) is 8.37. The lowest BCUT2D eigenvalue weighted by atomic mass is 10.1. The number of ether oxygens (including phenoxy) is 1. The highest BCUT2D eigenvalue weighted by Crippen LogP contribution is 2.18. The average Bonchev–Trinajstić information content (AvgIpc) is 3.09. The predicted molar refractivity (Wildman–Crippen MR) is 109 cm³/mol. The van der Waals surface area contributed by atoms with Crippen LogP contribution < -0.4 is 15.4 Å². The minimum Gasteiger partial charge on any atom is -0.494 e. The molecule has 4 nitrogen and oxygen atoms in total. The molecule has 0 radical (unpaired) electrons. The molecular weight excluding hydrogens is 440 g/mol. The molecular formula is C17H23FIN3OS. The van der Waals surface area contributed by atoms with Crippen molar-refractivity contribution in [1.29, 1.82) is 0 Å². The number of guanidine groups is 1. The molecule has 0 bridgehead atoms. The number of aliphatic imine (C=N–C) groups is 1. The Bertz CT molecular complexity index is 649. The highest BCUT2D eigenvalue weighted by Gasteiger charge is 2.08. The Balaban J connectivity index is 0.00000288. The maximum absolute atomic E-state index is 13.7. The summed E-state index contributed by atoms with van der Waals surface area (Å²) >= 11 is 1.70. The number of hydrogen-bond acceptors (Lipinski definition) is 3. The van der Waals surface area contributed by atoms with E-state index in [9.17, 15) is 4.39 Å². The van der Waals surface area contributed by atoms with Crippen LogP contribution in [0.3, 0.4) is 0 Å². The summed E-state index contributed by atoms with van der Waals surface area (Å²) in [7, 11) is 3.18. The Kier molecular flexibility index (Phi) is 9.05. The van der Waals surface area contributed by atoms with Crippen LogP contribution in [-0.2, 0) is 6.54 Å². The van der Waals surface area contributed by atoms with Gasteiger partial charge in [-0.15, -0.1) is 24.0 Å². The minimum absolute atomic E-state index is 0. The standard InChI is InChI=1S/C17H22FN3OS.HI/c1-12(14-6-7-23-11-14)9-20-17(19-2)21-10-13-4-5-16(22-3)15(18)8-13;/h4-8,11-12H,9-10H2,1-3H3,(H2,19,20,21);1H. The highest BCUT2D eigenvalue weighted by molar-refractivity contribution is 14.0. The van der Waals surface area contributed by atoms with E-state index < -0.39 is 0 Å². The van der Waals surface area contributed by atoms with Crippen molar-refractivity contribution in [3.63, 3.8) is 0 Å².